The molecule has 0 spiro atoms. The third kappa shape index (κ3) is 9.25. The van der Waals surface area contributed by atoms with Crippen LogP contribution in [0.25, 0.3) is 0 Å². The lowest BCUT2D eigenvalue weighted by Crippen LogP contribution is -2.45. The number of hydrogen-bond acceptors (Lipinski definition) is 3. The first-order valence-corrected chi connectivity index (χ1v) is 7.19. The summed E-state index contributed by atoms with van der Waals surface area (Å²) >= 11 is 0. The van der Waals surface area contributed by atoms with Crippen LogP contribution in [-0.4, -0.2) is 37.7 Å². The molecule has 2 N–H and O–H groups in total. The zero-order chi connectivity index (χ0) is 13.4. The van der Waals surface area contributed by atoms with Crippen LogP contribution in [0.15, 0.2) is 0 Å². The molecule has 2 unspecified atom stereocenters. The van der Waals surface area contributed by atoms with Gasteiger partial charge in [-0.2, -0.15) is 0 Å². The molecular weight excluding hydrogens is 264 g/mol. The molecule has 1 aliphatic heterocycles. The second-order valence-corrected chi connectivity index (χ2v) is 5.67. The summed E-state index contributed by atoms with van der Waals surface area (Å²) in [5, 5.41) is 6.34. The van der Waals surface area contributed by atoms with E-state index >= 15 is 0 Å². The minimum atomic E-state index is 0. The highest BCUT2D eigenvalue weighted by Crippen LogP contribution is 2.07. The number of halogens is 1. The minimum Gasteiger partial charge on any atom is -0.378 e. The lowest BCUT2D eigenvalue weighted by Gasteiger charge is -2.24. The van der Waals surface area contributed by atoms with Crippen molar-refractivity contribution >= 4 is 18.3 Å². The zero-order valence-corrected chi connectivity index (χ0v) is 13.2. The van der Waals surface area contributed by atoms with Crippen LogP contribution in [0.2, 0.25) is 0 Å². The molecule has 1 heterocycles. The van der Waals surface area contributed by atoms with Gasteiger partial charge in [-0.1, -0.05) is 13.8 Å². The summed E-state index contributed by atoms with van der Waals surface area (Å²) in [6.45, 7) is 8.94. The van der Waals surface area contributed by atoms with Gasteiger partial charge >= 0.3 is 0 Å². The van der Waals surface area contributed by atoms with E-state index in [1.54, 1.807) is 0 Å². The molecule has 1 saturated heterocycles. The van der Waals surface area contributed by atoms with Crippen molar-refractivity contribution in [1.82, 2.24) is 10.6 Å². The molecule has 0 saturated carbocycles. The van der Waals surface area contributed by atoms with Crippen molar-refractivity contribution in [3.63, 3.8) is 0 Å². The maximum Gasteiger partial charge on any atom is 0.222 e. The van der Waals surface area contributed by atoms with Gasteiger partial charge in [0, 0.05) is 19.0 Å². The van der Waals surface area contributed by atoms with E-state index in [1.807, 2.05) is 0 Å². The van der Waals surface area contributed by atoms with Crippen LogP contribution >= 0.6 is 12.4 Å². The van der Waals surface area contributed by atoms with Gasteiger partial charge in [-0.05, 0) is 38.6 Å². The maximum absolute atomic E-state index is 11.7. The summed E-state index contributed by atoms with van der Waals surface area (Å²) in [7, 11) is 0. The molecule has 5 heteroatoms. The number of hydrogen-bond donors (Lipinski definition) is 2. The van der Waals surface area contributed by atoms with Gasteiger partial charge in [0.25, 0.3) is 0 Å². The van der Waals surface area contributed by atoms with E-state index in [1.165, 1.54) is 0 Å². The molecule has 19 heavy (non-hydrogen) atoms. The first-order valence-electron chi connectivity index (χ1n) is 7.19. The first-order chi connectivity index (χ1) is 8.58. The van der Waals surface area contributed by atoms with Gasteiger partial charge < -0.3 is 15.4 Å². The Kier molecular flexibility index (Phi) is 10.3. The summed E-state index contributed by atoms with van der Waals surface area (Å²) < 4.78 is 5.64. The van der Waals surface area contributed by atoms with Crippen LogP contribution in [0.3, 0.4) is 0 Å². The number of carbonyl (C=O) groups excluding carboxylic acids is 1. The molecule has 1 rings (SSSR count). The average Bonchev–Trinajstić information content (AvgIpc) is 2.29. The Hall–Kier alpha value is -0.320. The smallest absolute Gasteiger partial charge is 0.222 e. The molecule has 0 aliphatic carbocycles. The topological polar surface area (TPSA) is 50.4 Å². The second kappa shape index (κ2) is 10.5. The monoisotopic (exact) mass is 292 g/mol. The number of ether oxygens (including phenoxy) is 1. The fourth-order valence-corrected chi connectivity index (χ4v) is 2.36. The van der Waals surface area contributed by atoms with Crippen molar-refractivity contribution < 1.29 is 9.53 Å². The van der Waals surface area contributed by atoms with Gasteiger partial charge in [0.05, 0.1) is 12.7 Å². The highest BCUT2D eigenvalue weighted by Gasteiger charge is 2.15. The van der Waals surface area contributed by atoms with E-state index in [2.05, 4.69) is 31.4 Å². The van der Waals surface area contributed by atoms with Crippen LogP contribution in [0.1, 0.15) is 46.5 Å². The lowest BCUT2D eigenvalue weighted by molar-refractivity contribution is -0.123. The molecule has 0 aromatic heterocycles. The maximum atomic E-state index is 11.7. The fourth-order valence-electron chi connectivity index (χ4n) is 2.36. The standard InChI is InChI=1S/C14H28N2O2.ClH/c1-11(2)9-12(3)18-8-6-14(17)16-13-5-4-7-15-10-13;/h11-13,15H,4-10H2,1-3H3,(H,16,17);1H. The van der Waals surface area contributed by atoms with E-state index < -0.39 is 0 Å². The largest absolute Gasteiger partial charge is 0.378 e. The van der Waals surface area contributed by atoms with E-state index in [0.29, 0.717) is 25.0 Å². The summed E-state index contributed by atoms with van der Waals surface area (Å²) in [6, 6.07) is 0.305. The third-order valence-corrected chi connectivity index (χ3v) is 3.20. The van der Waals surface area contributed by atoms with Crippen molar-refractivity contribution in [2.24, 2.45) is 5.92 Å². The Morgan fingerprint density at radius 1 is 1.42 bits per heavy atom. The minimum absolute atomic E-state index is 0. The Bertz CT molecular complexity index is 244. The summed E-state index contributed by atoms with van der Waals surface area (Å²) in [5.41, 5.74) is 0. The summed E-state index contributed by atoms with van der Waals surface area (Å²) in [4.78, 5) is 11.7. The van der Waals surface area contributed by atoms with Crippen molar-refractivity contribution in [3.05, 3.63) is 0 Å². The molecule has 0 bridgehead atoms. The second-order valence-electron chi connectivity index (χ2n) is 5.67. The molecule has 1 aliphatic rings. The normalized spacial score (nSPS) is 20.7. The number of carbonyl (C=O) groups is 1. The lowest BCUT2D eigenvalue weighted by atomic mass is 10.1. The molecule has 0 aromatic carbocycles. The predicted molar refractivity (Wildman–Crippen MR) is 80.8 cm³/mol. The molecule has 0 aromatic rings. The highest BCUT2D eigenvalue weighted by molar-refractivity contribution is 5.85. The third-order valence-electron chi connectivity index (χ3n) is 3.20. The molecule has 2 atom stereocenters. The van der Waals surface area contributed by atoms with E-state index in [-0.39, 0.29) is 24.4 Å². The first kappa shape index (κ1) is 18.7. The van der Waals surface area contributed by atoms with Gasteiger partial charge in [0.15, 0.2) is 0 Å². The molecule has 114 valence electrons. The van der Waals surface area contributed by atoms with Crippen LogP contribution in [0.5, 0.6) is 0 Å². The Balaban J connectivity index is 0.00000324. The predicted octanol–water partition coefficient (Wildman–Crippen LogP) is 2.12. The van der Waals surface area contributed by atoms with Crippen LogP contribution in [-0.2, 0) is 9.53 Å². The van der Waals surface area contributed by atoms with Gasteiger partial charge in [0.1, 0.15) is 0 Å². The number of piperidine rings is 1. The number of rotatable bonds is 7. The van der Waals surface area contributed by atoms with Crippen molar-refractivity contribution in [1.29, 1.82) is 0 Å². The van der Waals surface area contributed by atoms with Gasteiger partial charge in [-0.25, -0.2) is 0 Å². The van der Waals surface area contributed by atoms with Crippen molar-refractivity contribution in [3.8, 4) is 0 Å². The summed E-state index contributed by atoms with van der Waals surface area (Å²) in [5.74, 6) is 0.752. The van der Waals surface area contributed by atoms with Crippen molar-refractivity contribution in [2.75, 3.05) is 19.7 Å². The van der Waals surface area contributed by atoms with Gasteiger partial charge in [-0.15, -0.1) is 12.4 Å². The van der Waals surface area contributed by atoms with E-state index in [9.17, 15) is 4.79 Å². The highest BCUT2D eigenvalue weighted by atomic mass is 35.5. The van der Waals surface area contributed by atoms with Gasteiger partial charge in [-0.3, -0.25) is 4.79 Å². The van der Waals surface area contributed by atoms with E-state index in [4.69, 9.17) is 4.74 Å². The van der Waals surface area contributed by atoms with E-state index in [0.717, 1.165) is 32.4 Å². The fraction of sp³-hybridized carbons (Fsp3) is 0.929. The van der Waals surface area contributed by atoms with Crippen LogP contribution in [0, 0.1) is 5.92 Å². The molecule has 1 fully saturated rings. The molecule has 1 amide bonds. The van der Waals surface area contributed by atoms with Crippen LogP contribution < -0.4 is 10.6 Å². The molecular formula is C14H29ClN2O2. The van der Waals surface area contributed by atoms with Gasteiger partial charge in [0.2, 0.25) is 5.91 Å². The number of nitrogens with one attached hydrogen (secondary N) is 2. The number of amides is 1. The Labute approximate surface area is 123 Å². The molecule has 4 nitrogen and oxygen atoms in total. The van der Waals surface area contributed by atoms with Crippen LogP contribution in [0.4, 0.5) is 0 Å². The average molecular weight is 293 g/mol. The SMILES string of the molecule is CC(C)CC(C)OCCC(=O)NC1CCCNC1.Cl. The Morgan fingerprint density at radius 2 is 2.16 bits per heavy atom. The Morgan fingerprint density at radius 3 is 2.74 bits per heavy atom. The van der Waals surface area contributed by atoms with Crippen molar-refractivity contribution in [2.45, 2.75) is 58.6 Å². The summed E-state index contributed by atoms with van der Waals surface area (Å²) in [6.07, 6.45) is 4.00. The zero-order valence-electron chi connectivity index (χ0n) is 12.4. The molecule has 0 radical (unpaired) electrons. The quantitative estimate of drug-likeness (QED) is 0.756.